The highest BCUT2D eigenvalue weighted by molar-refractivity contribution is 5.81. The molecule has 1 nitrogen and oxygen atoms in total. The van der Waals surface area contributed by atoms with Gasteiger partial charge in [-0.05, 0) is 5.92 Å². The predicted molar refractivity (Wildman–Crippen MR) is 39.1 cm³/mol. The van der Waals surface area contributed by atoms with Gasteiger partial charge in [-0.25, -0.2) is 0 Å². The first-order valence-corrected chi connectivity index (χ1v) is 3.35. The van der Waals surface area contributed by atoms with Crippen molar-refractivity contribution in [1.82, 2.24) is 0 Å². The lowest BCUT2D eigenvalue weighted by Gasteiger charge is -2.04. The minimum Gasteiger partial charge on any atom is -0.299 e. The Balaban J connectivity index is 3.51. The second kappa shape index (κ2) is 3.65. The molecular weight excluding hydrogens is 112 g/mol. The van der Waals surface area contributed by atoms with Crippen molar-refractivity contribution >= 4 is 5.78 Å². The second-order valence-corrected chi connectivity index (χ2v) is 3.00. The smallest absolute Gasteiger partial charge is 0.135 e. The highest BCUT2D eigenvalue weighted by Crippen LogP contribution is 2.07. The molecule has 0 atom stereocenters. The lowest BCUT2D eigenvalue weighted by Crippen LogP contribution is -2.08. The first-order valence-electron chi connectivity index (χ1n) is 3.35. The van der Waals surface area contributed by atoms with E-state index in [4.69, 9.17) is 0 Å². The number of rotatable bonds is 3. The molecule has 1 heteroatoms. The van der Waals surface area contributed by atoms with Gasteiger partial charge in [-0.3, -0.25) is 4.79 Å². The summed E-state index contributed by atoms with van der Waals surface area (Å²) in [6, 6.07) is 0. The summed E-state index contributed by atoms with van der Waals surface area (Å²) in [6.07, 6.45) is 0.650. The van der Waals surface area contributed by atoms with E-state index in [0.717, 1.165) is 0 Å². The normalized spacial score (nSPS) is 10.9. The summed E-state index contributed by atoms with van der Waals surface area (Å²) in [4.78, 5) is 10.9. The maximum atomic E-state index is 10.9. The number of ketones is 1. The maximum Gasteiger partial charge on any atom is 0.135 e. The second-order valence-electron chi connectivity index (χ2n) is 3.00. The molecule has 0 unspecified atom stereocenters. The Kier molecular flexibility index (Phi) is 3.52. The Hall–Kier alpha value is -0.330. The van der Waals surface area contributed by atoms with Crippen molar-refractivity contribution in [2.45, 2.75) is 34.1 Å². The van der Waals surface area contributed by atoms with Crippen molar-refractivity contribution in [2.75, 3.05) is 0 Å². The monoisotopic (exact) mass is 127 g/mol. The van der Waals surface area contributed by atoms with Gasteiger partial charge in [-0.1, -0.05) is 27.7 Å². The van der Waals surface area contributed by atoms with Crippen LogP contribution >= 0.6 is 0 Å². The molecule has 0 aliphatic carbocycles. The minimum absolute atomic E-state index is 0.194. The zero-order valence-corrected chi connectivity index (χ0v) is 6.69. The lowest BCUT2D eigenvalue weighted by atomic mass is 9.99. The van der Waals surface area contributed by atoms with Gasteiger partial charge in [0.2, 0.25) is 0 Å². The van der Waals surface area contributed by atoms with Gasteiger partial charge >= 0.3 is 0 Å². The zero-order valence-electron chi connectivity index (χ0n) is 6.69. The van der Waals surface area contributed by atoms with Crippen LogP contribution in [0, 0.1) is 11.8 Å². The molecule has 0 amide bonds. The topological polar surface area (TPSA) is 17.1 Å². The molecule has 9 heavy (non-hydrogen) atoms. The molecule has 0 aromatic heterocycles. The van der Waals surface area contributed by atoms with Crippen molar-refractivity contribution < 1.29 is 4.79 Å². The van der Waals surface area contributed by atoms with Crippen LogP contribution in [0.5, 0.6) is 0 Å². The van der Waals surface area contributed by atoms with Crippen molar-refractivity contribution in [3.05, 3.63) is 5.92 Å². The molecule has 0 saturated heterocycles. The molecule has 0 spiro atoms. The summed E-state index contributed by atoms with van der Waals surface area (Å²) in [5.74, 6) is 1.74. The summed E-state index contributed by atoms with van der Waals surface area (Å²) in [5.41, 5.74) is 0. The van der Waals surface area contributed by atoms with Crippen LogP contribution in [0.3, 0.4) is 0 Å². The van der Waals surface area contributed by atoms with E-state index in [0.29, 0.717) is 12.2 Å². The van der Waals surface area contributed by atoms with Crippen molar-refractivity contribution in [2.24, 2.45) is 5.92 Å². The Labute approximate surface area is 57.5 Å². The number of carbonyl (C=O) groups is 1. The van der Waals surface area contributed by atoms with Crippen molar-refractivity contribution in [3.63, 3.8) is 0 Å². The number of hydrogen-bond donors (Lipinski definition) is 0. The number of hydrogen-bond acceptors (Lipinski definition) is 1. The molecular formula is C8H15O. The molecule has 0 saturated carbocycles. The van der Waals surface area contributed by atoms with Gasteiger partial charge in [0.05, 0.1) is 0 Å². The molecule has 0 rings (SSSR count). The fraction of sp³-hybridized carbons (Fsp3) is 0.750. The van der Waals surface area contributed by atoms with Crippen LogP contribution < -0.4 is 0 Å². The largest absolute Gasteiger partial charge is 0.299 e. The average Bonchev–Trinajstić information content (AvgIpc) is 1.63. The van der Waals surface area contributed by atoms with Gasteiger partial charge in [0.1, 0.15) is 5.78 Å². The molecule has 0 aliphatic heterocycles. The van der Waals surface area contributed by atoms with Crippen LogP contribution in [-0.4, -0.2) is 5.78 Å². The quantitative estimate of drug-likeness (QED) is 0.568. The van der Waals surface area contributed by atoms with Crippen LogP contribution in [-0.2, 0) is 4.79 Å². The molecule has 1 radical (unpaired) electrons. The molecule has 0 bridgehead atoms. The van der Waals surface area contributed by atoms with Gasteiger partial charge in [0.25, 0.3) is 0 Å². The van der Waals surface area contributed by atoms with Crippen LogP contribution in [0.15, 0.2) is 0 Å². The Morgan fingerprint density at radius 2 is 1.78 bits per heavy atom. The highest BCUT2D eigenvalue weighted by atomic mass is 16.1. The molecule has 0 heterocycles. The number of carbonyl (C=O) groups excluding carboxylic acids is 1. The van der Waals surface area contributed by atoms with E-state index in [2.05, 4.69) is 0 Å². The zero-order chi connectivity index (χ0) is 7.44. The van der Waals surface area contributed by atoms with Gasteiger partial charge in [0, 0.05) is 12.3 Å². The van der Waals surface area contributed by atoms with E-state index in [1.54, 1.807) is 0 Å². The molecule has 0 N–H and O–H groups in total. The van der Waals surface area contributed by atoms with Crippen molar-refractivity contribution in [1.29, 1.82) is 0 Å². The average molecular weight is 127 g/mol. The first-order chi connectivity index (χ1) is 4.04. The number of Topliss-reactive ketones (excluding diaryl/α,β-unsaturated/α-hetero) is 1. The third kappa shape index (κ3) is 4.19. The third-order valence-corrected chi connectivity index (χ3v) is 1.17. The summed E-state index contributed by atoms with van der Waals surface area (Å²) in [6.45, 7) is 7.84. The van der Waals surface area contributed by atoms with Crippen LogP contribution in [0.4, 0.5) is 0 Å². The minimum atomic E-state index is 0.194. The van der Waals surface area contributed by atoms with E-state index in [-0.39, 0.29) is 5.92 Å². The SMILES string of the molecule is C[C](C)CC(=O)C(C)C. The van der Waals surface area contributed by atoms with Crippen molar-refractivity contribution in [3.8, 4) is 0 Å². The molecule has 0 fully saturated rings. The van der Waals surface area contributed by atoms with Crippen LogP contribution in [0.2, 0.25) is 0 Å². The molecule has 0 aromatic rings. The van der Waals surface area contributed by atoms with E-state index in [9.17, 15) is 4.79 Å². The predicted octanol–water partition coefficient (Wildman–Crippen LogP) is 2.22. The van der Waals surface area contributed by atoms with E-state index in [1.165, 1.54) is 5.92 Å². The van der Waals surface area contributed by atoms with Crippen LogP contribution in [0.25, 0.3) is 0 Å². The Bertz CT molecular complexity index is 92.7. The summed E-state index contributed by atoms with van der Waals surface area (Å²) in [5, 5.41) is 0. The maximum absolute atomic E-state index is 10.9. The van der Waals surface area contributed by atoms with Gasteiger partial charge in [-0.2, -0.15) is 0 Å². The van der Waals surface area contributed by atoms with Gasteiger partial charge in [0.15, 0.2) is 0 Å². The standard InChI is InChI=1S/C8H15O/c1-6(2)5-8(9)7(3)4/h7H,5H2,1-4H3. The molecule has 0 aliphatic rings. The Morgan fingerprint density at radius 3 is 1.89 bits per heavy atom. The fourth-order valence-electron chi connectivity index (χ4n) is 0.553. The summed E-state index contributed by atoms with van der Waals surface area (Å²) >= 11 is 0. The van der Waals surface area contributed by atoms with Gasteiger partial charge in [-0.15, -0.1) is 0 Å². The van der Waals surface area contributed by atoms with Gasteiger partial charge < -0.3 is 0 Å². The summed E-state index contributed by atoms with van der Waals surface area (Å²) < 4.78 is 0. The Morgan fingerprint density at radius 1 is 1.33 bits per heavy atom. The van der Waals surface area contributed by atoms with E-state index >= 15 is 0 Å². The summed E-state index contributed by atoms with van der Waals surface area (Å²) in [7, 11) is 0. The highest BCUT2D eigenvalue weighted by Gasteiger charge is 2.08. The first kappa shape index (κ1) is 8.67. The lowest BCUT2D eigenvalue weighted by molar-refractivity contribution is -0.121. The molecule has 53 valence electrons. The molecule has 0 aromatic carbocycles. The third-order valence-electron chi connectivity index (χ3n) is 1.17. The van der Waals surface area contributed by atoms with Crippen LogP contribution in [0.1, 0.15) is 34.1 Å². The van der Waals surface area contributed by atoms with E-state index in [1.807, 2.05) is 27.7 Å². The van der Waals surface area contributed by atoms with E-state index < -0.39 is 0 Å². The fourth-order valence-corrected chi connectivity index (χ4v) is 0.553.